The van der Waals surface area contributed by atoms with Crippen LogP contribution in [0.4, 0.5) is 4.79 Å². The van der Waals surface area contributed by atoms with Crippen molar-refractivity contribution in [3.05, 3.63) is 29.8 Å². The SMILES string of the molecule is COC(=O)NC1CCN(CC2Cc3ccccc3S2)C1. The van der Waals surface area contributed by atoms with Crippen LogP contribution in [0.15, 0.2) is 29.2 Å². The van der Waals surface area contributed by atoms with Gasteiger partial charge in [0.2, 0.25) is 0 Å². The largest absolute Gasteiger partial charge is 0.453 e. The molecule has 5 heteroatoms. The minimum absolute atomic E-state index is 0.233. The topological polar surface area (TPSA) is 41.6 Å². The van der Waals surface area contributed by atoms with Crippen molar-refractivity contribution in [3.63, 3.8) is 0 Å². The van der Waals surface area contributed by atoms with Gasteiger partial charge in [0.15, 0.2) is 0 Å². The highest BCUT2D eigenvalue weighted by Gasteiger charge is 2.29. The minimum atomic E-state index is -0.320. The Morgan fingerprint density at radius 2 is 2.35 bits per heavy atom. The van der Waals surface area contributed by atoms with E-state index in [0.717, 1.165) is 32.5 Å². The van der Waals surface area contributed by atoms with E-state index in [-0.39, 0.29) is 12.1 Å². The van der Waals surface area contributed by atoms with Crippen molar-refractivity contribution in [2.75, 3.05) is 26.7 Å². The van der Waals surface area contributed by atoms with Crippen LogP contribution in [0.2, 0.25) is 0 Å². The van der Waals surface area contributed by atoms with Crippen LogP contribution in [0.1, 0.15) is 12.0 Å². The van der Waals surface area contributed by atoms with Crippen LogP contribution in [0.25, 0.3) is 0 Å². The predicted molar refractivity (Wildman–Crippen MR) is 80.2 cm³/mol. The van der Waals surface area contributed by atoms with Crippen LogP contribution in [0.3, 0.4) is 0 Å². The van der Waals surface area contributed by atoms with Crippen LogP contribution in [0, 0.1) is 0 Å². The maximum Gasteiger partial charge on any atom is 0.407 e. The molecule has 1 fully saturated rings. The van der Waals surface area contributed by atoms with E-state index in [1.54, 1.807) is 0 Å². The van der Waals surface area contributed by atoms with Gasteiger partial charge in [-0.05, 0) is 24.5 Å². The molecule has 4 nitrogen and oxygen atoms in total. The molecule has 2 aliphatic rings. The fourth-order valence-electron chi connectivity index (χ4n) is 2.99. The third kappa shape index (κ3) is 3.10. The number of nitrogens with zero attached hydrogens (tertiary/aromatic N) is 1. The van der Waals surface area contributed by atoms with Gasteiger partial charge in [-0.25, -0.2) is 4.79 Å². The number of carbonyl (C=O) groups is 1. The van der Waals surface area contributed by atoms with Crippen LogP contribution >= 0.6 is 11.8 Å². The summed E-state index contributed by atoms with van der Waals surface area (Å²) in [6.07, 6.45) is 1.85. The summed E-state index contributed by atoms with van der Waals surface area (Å²) >= 11 is 1.99. The molecule has 1 N–H and O–H groups in total. The number of fused-ring (bicyclic) bond motifs is 1. The quantitative estimate of drug-likeness (QED) is 0.927. The minimum Gasteiger partial charge on any atom is -0.453 e. The molecule has 2 unspecified atom stereocenters. The van der Waals surface area contributed by atoms with Crippen molar-refractivity contribution < 1.29 is 9.53 Å². The van der Waals surface area contributed by atoms with Crippen LogP contribution in [0.5, 0.6) is 0 Å². The monoisotopic (exact) mass is 292 g/mol. The molecule has 2 heterocycles. The van der Waals surface area contributed by atoms with Crippen molar-refractivity contribution in [2.24, 2.45) is 0 Å². The lowest BCUT2D eigenvalue weighted by Gasteiger charge is -2.19. The average molecular weight is 292 g/mol. The fourth-order valence-corrected chi connectivity index (χ4v) is 4.35. The highest BCUT2D eigenvalue weighted by molar-refractivity contribution is 8.00. The second-order valence-corrected chi connectivity index (χ2v) is 6.77. The molecule has 1 saturated heterocycles. The summed E-state index contributed by atoms with van der Waals surface area (Å²) in [4.78, 5) is 15.1. The smallest absolute Gasteiger partial charge is 0.407 e. The van der Waals surface area contributed by atoms with Gasteiger partial charge in [0.05, 0.1) is 7.11 Å². The Morgan fingerprint density at radius 1 is 1.50 bits per heavy atom. The number of amides is 1. The molecule has 0 aromatic heterocycles. The molecule has 0 bridgehead atoms. The molecule has 2 atom stereocenters. The number of likely N-dealkylation sites (tertiary alicyclic amines) is 1. The Kier molecular flexibility index (Phi) is 4.17. The van der Waals surface area contributed by atoms with Gasteiger partial charge in [-0.3, -0.25) is 0 Å². The summed E-state index contributed by atoms with van der Waals surface area (Å²) < 4.78 is 4.65. The van der Waals surface area contributed by atoms with Crippen molar-refractivity contribution in [1.29, 1.82) is 0 Å². The molecule has 1 aromatic rings. The van der Waals surface area contributed by atoms with Crippen molar-refractivity contribution in [2.45, 2.75) is 29.0 Å². The first-order chi connectivity index (χ1) is 9.74. The van der Waals surface area contributed by atoms with E-state index in [9.17, 15) is 4.79 Å². The normalized spacial score (nSPS) is 25.4. The molecule has 20 heavy (non-hydrogen) atoms. The first-order valence-corrected chi connectivity index (χ1v) is 7.94. The fraction of sp³-hybridized carbons (Fsp3) is 0.533. The van der Waals surface area contributed by atoms with E-state index in [1.807, 2.05) is 11.8 Å². The standard InChI is InChI=1S/C15H20N2O2S/c1-19-15(18)16-12-6-7-17(9-12)10-13-8-11-4-2-3-5-14(11)20-13/h2-5,12-13H,6-10H2,1H3,(H,16,18). The van der Waals surface area contributed by atoms with Gasteiger partial charge in [0, 0.05) is 35.8 Å². The Balaban J connectivity index is 1.48. The molecule has 3 rings (SSSR count). The lowest BCUT2D eigenvalue weighted by atomic mass is 10.1. The van der Waals surface area contributed by atoms with E-state index in [4.69, 9.17) is 0 Å². The number of hydrogen-bond donors (Lipinski definition) is 1. The van der Waals surface area contributed by atoms with Crippen LogP contribution in [-0.2, 0) is 11.2 Å². The first kappa shape index (κ1) is 13.8. The second kappa shape index (κ2) is 6.06. The van der Waals surface area contributed by atoms with Crippen LogP contribution < -0.4 is 5.32 Å². The van der Waals surface area contributed by atoms with Gasteiger partial charge in [-0.2, -0.15) is 0 Å². The lowest BCUT2D eigenvalue weighted by Crippen LogP contribution is -2.38. The number of methoxy groups -OCH3 is 1. The summed E-state index contributed by atoms with van der Waals surface area (Å²) in [5.41, 5.74) is 1.48. The van der Waals surface area contributed by atoms with E-state index < -0.39 is 0 Å². The van der Waals surface area contributed by atoms with Crippen molar-refractivity contribution in [1.82, 2.24) is 10.2 Å². The zero-order valence-corrected chi connectivity index (χ0v) is 12.5. The Hall–Kier alpha value is -1.20. The highest BCUT2D eigenvalue weighted by Crippen LogP contribution is 2.37. The van der Waals surface area contributed by atoms with E-state index in [2.05, 4.69) is 39.2 Å². The van der Waals surface area contributed by atoms with Crippen LogP contribution in [-0.4, -0.2) is 49.0 Å². The number of benzene rings is 1. The summed E-state index contributed by atoms with van der Waals surface area (Å²) in [5, 5.41) is 3.53. The van der Waals surface area contributed by atoms with Gasteiger partial charge in [0.25, 0.3) is 0 Å². The van der Waals surface area contributed by atoms with E-state index >= 15 is 0 Å². The zero-order chi connectivity index (χ0) is 13.9. The maximum absolute atomic E-state index is 11.2. The highest BCUT2D eigenvalue weighted by atomic mass is 32.2. The molecular formula is C15H20N2O2S. The zero-order valence-electron chi connectivity index (χ0n) is 11.7. The number of alkyl carbamates (subject to hydrolysis) is 1. The number of nitrogens with one attached hydrogen (secondary N) is 1. The number of thioether (sulfide) groups is 1. The van der Waals surface area contributed by atoms with Gasteiger partial charge < -0.3 is 15.0 Å². The number of hydrogen-bond acceptors (Lipinski definition) is 4. The average Bonchev–Trinajstić information content (AvgIpc) is 3.05. The summed E-state index contributed by atoms with van der Waals surface area (Å²) in [6, 6.07) is 8.91. The number of ether oxygens (including phenoxy) is 1. The molecule has 0 spiro atoms. The van der Waals surface area contributed by atoms with E-state index in [0.29, 0.717) is 5.25 Å². The summed E-state index contributed by atoms with van der Waals surface area (Å²) in [6.45, 7) is 3.09. The second-order valence-electron chi connectivity index (χ2n) is 5.43. The van der Waals surface area contributed by atoms with Gasteiger partial charge >= 0.3 is 6.09 Å². The number of rotatable bonds is 3. The molecule has 0 aliphatic carbocycles. The van der Waals surface area contributed by atoms with Gasteiger partial charge in [-0.1, -0.05) is 18.2 Å². The molecule has 0 radical (unpaired) electrons. The molecule has 0 saturated carbocycles. The van der Waals surface area contributed by atoms with Crippen molar-refractivity contribution >= 4 is 17.9 Å². The first-order valence-electron chi connectivity index (χ1n) is 7.06. The molecule has 1 amide bonds. The molecule has 108 valence electrons. The number of carbonyl (C=O) groups excluding carboxylic acids is 1. The van der Waals surface area contributed by atoms with Gasteiger partial charge in [-0.15, -0.1) is 11.8 Å². The molecular weight excluding hydrogens is 272 g/mol. The lowest BCUT2D eigenvalue weighted by molar-refractivity contribution is 0.166. The van der Waals surface area contributed by atoms with Crippen molar-refractivity contribution in [3.8, 4) is 0 Å². The Labute approximate surface area is 123 Å². The van der Waals surface area contributed by atoms with Gasteiger partial charge in [0.1, 0.15) is 0 Å². The molecule has 2 aliphatic heterocycles. The maximum atomic E-state index is 11.2. The van der Waals surface area contributed by atoms with E-state index in [1.165, 1.54) is 17.6 Å². The summed E-state index contributed by atoms with van der Waals surface area (Å²) in [7, 11) is 1.41. The summed E-state index contributed by atoms with van der Waals surface area (Å²) in [5.74, 6) is 0. The Bertz CT molecular complexity index is 470. The predicted octanol–water partition coefficient (Wildman–Crippen LogP) is 2.13. The molecule has 1 aromatic carbocycles. The third-order valence-electron chi connectivity index (χ3n) is 3.96. The third-order valence-corrected chi connectivity index (χ3v) is 5.26. The Morgan fingerprint density at radius 3 is 3.15 bits per heavy atom.